The quantitative estimate of drug-likeness (QED) is 0.218. The summed E-state index contributed by atoms with van der Waals surface area (Å²) in [6.07, 6.45) is 0.679. The van der Waals surface area contributed by atoms with E-state index >= 15 is 0 Å². The second-order valence-electron chi connectivity index (χ2n) is 12.2. The molecule has 0 aliphatic rings. The van der Waals surface area contributed by atoms with Crippen molar-refractivity contribution >= 4 is 27.7 Å². The molecule has 0 aliphatic heterocycles. The number of anilines is 1. The van der Waals surface area contributed by atoms with Crippen LogP contribution in [0.3, 0.4) is 0 Å². The lowest BCUT2D eigenvalue weighted by Crippen LogP contribution is -2.59. The van der Waals surface area contributed by atoms with E-state index in [-0.39, 0.29) is 30.2 Å². The predicted octanol–water partition coefficient (Wildman–Crippen LogP) is 4.30. The summed E-state index contributed by atoms with van der Waals surface area (Å²) in [5, 5.41) is 19.5. The van der Waals surface area contributed by atoms with Crippen LogP contribution in [-0.2, 0) is 27.7 Å². The molecule has 0 saturated heterocycles. The zero-order valence-corrected chi connectivity index (χ0v) is 27.4. The molecular weight excluding hydrogens is 599 g/mol. The Morgan fingerprint density at radius 3 is 2.22 bits per heavy atom. The van der Waals surface area contributed by atoms with Crippen molar-refractivity contribution in [2.45, 2.75) is 57.8 Å². The summed E-state index contributed by atoms with van der Waals surface area (Å²) in [5.74, 6) is -0.835. The molecule has 0 fully saturated rings. The fourth-order valence-corrected chi connectivity index (χ4v) is 5.14. The van der Waals surface area contributed by atoms with E-state index in [4.69, 9.17) is 4.74 Å². The summed E-state index contributed by atoms with van der Waals surface area (Å²) in [4.78, 5) is 26.1. The van der Waals surface area contributed by atoms with E-state index in [1.165, 1.54) is 25.2 Å². The third-order valence-corrected chi connectivity index (χ3v) is 8.27. The maximum Gasteiger partial charge on any atom is 0.408 e. The maximum absolute atomic E-state index is 13.4. The Morgan fingerprint density at radius 1 is 1.00 bits per heavy atom. The first-order valence-corrected chi connectivity index (χ1v) is 16.4. The van der Waals surface area contributed by atoms with Crippen LogP contribution in [0.15, 0.2) is 72.8 Å². The number of alkyl carbamates (subject to hydrolysis) is 1. The second-order valence-corrected chi connectivity index (χ2v) is 14.2. The van der Waals surface area contributed by atoms with Crippen molar-refractivity contribution in [1.82, 2.24) is 16.0 Å². The Hall–Kier alpha value is -4.00. The van der Waals surface area contributed by atoms with Gasteiger partial charge in [0.15, 0.2) is 0 Å². The number of benzene rings is 3. The number of ether oxygens (including phenoxy) is 1. The number of hydrogen-bond donors (Lipinski definition) is 4. The molecule has 3 aromatic rings. The molecule has 3 rings (SSSR count). The van der Waals surface area contributed by atoms with E-state index < -0.39 is 45.8 Å². The number of nitrogens with one attached hydrogen (secondary N) is 3. The minimum atomic E-state index is -3.64. The number of aliphatic hydroxyl groups excluding tert-OH is 1. The van der Waals surface area contributed by atoms with E-state index in [0.717, 1.165) is 16.1 Å². The Balaban J connectivity index is 1.87. The van der Waals surface area contributed by atoms with E-state index in [1.807, 2.05) is 30.3 Å². The van der Waals surface area contributed by atoms with Crippen LogP contribution in [0.4, 0.5) is 14.9 Å². The lowest BCUT2D eigenvalue weighted by atomic mass is 9.91. The molecule has 10 nitrogen and oxygen atoms in total. The van der Waals surface area contributed by atoms with Crippen LogP contribution < -0.4 is 20.3 Å². The van der Waals surface area contributed by atoms with Crippen LogP contribution >= 0.6 is 0 Å². The summed E-state index contributed by atoms with van der Waals surface area (Å²) >= 11 is 0. The molecule has 12 heteroatoms. The molecule has 2 atom stereocenters. The van der Waals surface area contributed by atoms with Gasteiger partial charge in [0.1, 0.15) is 11.4 Å². The van der Waals surface area contributed by atoms with Gasteiger partial charge in [0.25, 0.3) is 5.91 Å². The Kier molecular flexibility index (Phi) is 11.7. The molecule has 0 spiro atoms. The third-order valence-electron chi connectivity index (χ3n) is 7.07. The monoisotopic (exact) mass is 642 g/mol. The highest BCUT2D eigenvalue weighted by Gasteiger charge is 2.33. The molecule has 3 aromatic carbocycles. The number of halogens is 1. The lowest BCUT2D eigenvalue weighted by molar-refractivity contribution is 0.0395. The van der Waals surface area contributed by atoms with Crippen LogP contribution in [0.25, 0.3) is 0 Å². The van der Waals surface area contributed by atoms with Gasteiger partial charge < -0.3 is 25.8 Å². The molecule has 45 heavy (non-hydrogen) atoms. The highest BCUT2D eigenvalue weighted by Crippen LogP contribution is 2.23. The van der Waals surface area contributed by atoms with Crippen LogP contribution in [0.5, 0.6) is 0 Å². The van der Waals surface area contributed by atoms with Crippen molar-refractivity contribution in [2.24, 2.45) is 0 Å². The predicted molar refractivity (Wildman–Crippen MR) is 173 cm³/mol. The highest BCUT2D eigenvalue weighted by atomic mass is 32.2. The lowest BCUT2D eigenvalue weighted by Gasteiger charge is -2.34. The van der Waals surface area contributed by atoms with Crippen LogP contribution in [0.1, 0.15) is 60.8 Å². The molecule has 0 radical (unpaired) electrons. The summed E-state index contributed by atoms with van der Waals surface area (Å²) in [7, 11) is -2.25. The molecule has 0 saturated carbocycles. The standard InChI is InChI=1S/C33H43FN4O6S/c1-23(26-12-14-28(34)15-13-26)36-30(40)27-16-25(17-29(18-27)38(5)45(6,42)43)20-35-21-33(22-39,19-24-10-8-7-9-11-24)37-31(41)44-32(2,3)4/h7-18,23,35,39H,19-22H2,1-6H3,(H,36,40)(H,37,41)/t23-,33?/m1/s1. The first-order valence-electron chi connectivity index (χ1n) is 14.5. The summed E-state index contributed by atoms with van der Waals surface area (Å²) in [6, 6.07) is 19.5. The van der Waals surface area contributed by atoms with E-state index in [1.54, 1.807) is 52.0 Å². The third kappa shape index (κ3) is 10.8. The molecule has 0 aromatic heterocycles. The number of nitrogens with zero attached hydrogens (tertiary/aromatic N) is 1. The van der Waals surface area contributed by atoms with Gasteiger partial charge in [-0.05, 0) is 81.1 Å². The Morgan fingerprint density at radius 2 is 1.64 bits per heavy atom. The molecule has 244 valence electrons. The molecule has 4 N–H and O–H groups in total. The van der Waals surface area contributed by atoms with Gasteiger partial charge in [0.2, 0.25) is 10.0 Å². The first kappa shape index (κ1) is 35.5. The number of carbonyl (C=O) groups is 2. The zero-order chi connectivity index (χ0) is 33.4. The van der Waals surface area contributed by atoms with Crippen molar-refractivity contribution in [2.75, 3.05) is 30.8 Å². The van der Waals surface area contributed by atoms with Gasteiger partial charge in [-0.25, -0.2) is 17.6 Å². The first-order chi connectivity index (χ1) is 21.0. The molecule has 0 bridgehead atoms. The van der Waals surface area contributed by atoms with Gasteiger partial charge in [-0.15, -0.1) is 0 Å². The van der Waals surface area contributed by atoms with E-state index in [2.05, 4.69) is 16.0 Å². The fourth-order valence-electron chi connectivity index (χ4n) is 4.65. The highest BCUT2D eigenvalue weighted by molar-refractivity contribution is 7.92. The molecular formula is C33H43FN4O6S. The maximum atomic E-state index is 13.4. The largest absolute Gasteiger partial charge is 0.444 e. The van der Waals surface area contributed by atoms with Crippen molar-refractivity contribution in [1.29, 1.82) is 0 Å². The Labute approximate surface area is 265 Å². The number of hydrogen-bond acceptors (Lipinski definition) is 7. The van der Waals surface area contributed by atoms with Crippen molar-refractivity contribution < 1.29 is 32.2 Å². The molecule has 0 heterocycles. The average Bonchev–Trinajstić information content (AvgIpc) is 2.95. The van der Waals surface area contributed by atoms with Crippen LogP contribution in [0, 0.1) is 5.82 Å². The number of sulfonamides is 1. The van der Waals surface area contributed by atoms with Crippen molar-refractivity contribution in [3.63, 3.8) is 0 Å². The van der Waals surface area contributed by atoms with Gasteiger partial charge in [0, 0.05) is 25.7 Å². The Bertz CT molecular complexity index is 1560. The fraction of sp³-hybridized carbons (Fsp3) is 0.394. The summed E-state index contributed by atoms with van der Waals surface area (Å²) in [6.45, 7) is 6.89. The van der Waals surface area contributed by atoms with Gasteiger partial charge in [-0.3, -0.25) is 9.10 Å². The van der Waals surface area contributed by atoms with Crippen LogP contribution in [0.2, 0.25) is 0 Å². The van der Waals surface area contributed by atoms with E-state index in [0.29, 0.717) is 17.5 Å². The van der Waals surface area contributed by atoms with Gasteiger partial charge in [-0.2, -0.15) is 0 Å². The topological polar surface area (TPSA) is 137 Å². The summed E-state index contributed by atoms with van der Waals surface area (Å²) in [5.41, 5.74) is 0.784. The smallest absolute Gasteiger partial charge is 0.408 e. The second kappa shape index (κ2) is 14.9. The van der Waals surface area contributed by atoms with E-state index in [9.17, 15) is 27.5 Å². The normalized spacial score (nSPS) is 13.8. The average molecular weight is 643 g/mol. The summed E-state index contributed by atoms with van der Waals surface area (Å²) < 4.78 is 44.7. The number of aliphatic hydroxyl groups is 1. The minimum Gasteiger partial charge on any atom is -0.444 e. The van der Waals surface area contributed by atoms with Gasteiger partial charge in [0.05, 0.1) is 30.1 Å². The van der Waals surface area contributed by atoms with Gasteiger partial charge in [-0.1, -0.05) is 42.5 Å². The zero-order valence-electron chi connectivity index (χ0n) is 26.6. The number of amides is 2. The molecule has 0 aliphatic carbocycles. The number of carbonyl (C=O) groups excluding carboxylic acids is 2. The molecule has 1 unspecified atom stereocenters. The van der Waals surface area contributed by atoms with Crippen molar-refractivity contribution in [3.8, 4) is 0 Å². The van der Waals surface area contributed by atoms with Gasteiger partial charge >= 0.3 is 6.09 Å². The number of rotatable bonds is 13. The minimum absolute atomic E-state index is 0.118. The molecule has 2 amide bonds. The van der Waals surface area contributed by atoms with Crippen molar-refractivity contribution in [3.05, 3.63) is 101 Å². The SMILES string of the molecule is C[C@@H](NC(=O)c1cc(CNCC(CO)(Cc2ccccc2)NC(=O)OC(C)(C)C)cc(N(C)S(C)(=O)=O)c1)c1ccc(F)cc1. The van der Waals surface area contributed by atoms with Crippen LogP contribution in [-0.4, -0.2) is 63.1 Å².